The van der Waals surface area contributed by atoms with Gasteiger partial charge in [-0.05, 0) is 53.5 Å². The number of fused-ring (bicyclic) bond motifs is 1. The summed E-state index contributed by atoms with van der Waals surface area (Å²) in [6.45, 7) is 4.19. The molecule has 0 fully saturated rings. The predicted octanol–water partition coefficient (Wildman–Crippen LogP) is 3.58. The Balaban J connectivity index is 1.76. The highest BCUT2D eigenvalue weighted by atomic mass is 19.1. The van der Waals surface area contributed by atoms with Crippen molar-refractivity contribution in [3.05, 3.63) is 70.5 Å². The lowest BCUT2D eigenvalue weighted by Gasteiger charge is -2.31. The third-order valence-electron chi connectivity index (χ3n) is 4.75. The SMILES string of the molecule is Cc1ccc(C2CC(c3ccccc3F)n3nnnc3N2)cc1C. The highest BCUT2D eigenvalue weighted by Crippen LogP contribution is 2.38. The number of aromatic nitrogens is 4. The molecule has 0 saturated carbocycles. The molecule has 2 heterocycles. The summed E-state index contributed by atoms with van der Waals surface area (Å²) in [6.07, 6.45) is 0.682. The van der Waals surface area contributed by atoms with Gasteiger partial charge in [0, 0.05) is 5.56 Å². The van der Waals surface area contributed by atoms with Gasteiger partial charge in [0.1, 0.15) is 5.82 Å². The van der Waals surface area contributed by atoms with Gasteiger partial charge in [-0.25, -0.2) is 9.07 Å². The second-order valence-corrected chi connectivity index (χ2v) is 6.26. The van der Waals surface area contributed by atoms with Crippen molar-refractivity contribution >= 4 is 5.95 Å². The van der Waals surface area contributed by atoms with Gasteiger partial charge in [0.05, 0.1) is 12.1 Å². The Labute approximate surface area is 139 Å². The van der Waals surface area contributed by atoms with E-state index in [1.807, 2.05) is 6.07 Å². The van der Waals surface area contributed by atoms with E-state index >= 15 is 0 Å². The number of benzene rings is 2. The Morgan fingerprint density at radius 1 is 1.12 bits per heavy atom. The van der Waals surface area contributed by atoms with E-state index in [4.69, 9.17) is 0 Å². The molecular formula is C18H18FN5. The van der Waals surface area contributed by atoms with E-state index in [-0.39, 0.29) is 17.9 Å². The van der Waals surface area contributed by atoms with Crippen LogP contribution in [0.2, 0.25) is 0 Å². The molecule has 2 atom stereocenters. The molecule has 1 N–H and O–H groups in total. The third kappa shape index (κ3) is 2.44. The first-order chi connectivity index (χ1) is 11.6. The fourth-order valence-corrected chi connectivity index (χ4v) is 3.24. The molecular weight excluding hydrogens is 305 g/mol. The largest absolute Gasteiger partial charge is 0.346 e. The van der Waals surface area contributed by atoms with Crippen LogP contribution in [0.1, 0.15) is 40.8 Å². The average Bonchev–Trinajstić information content (AvgIpc) is 3.05. The van der Waals surface area contributed by atoms with Gasteiger partial charge < -0.3 is 5.32 Å². The highest BCUT2D eigenvalue weighted by molar-refractivity contribution is 5.40. The van der Waals surface area contributed by atoms with E-state index in [1.54, 1.807) is 16.8 Å². The molecule has 3 aromatic rings. The van der Waals surface area contributed by atoms with Gasteiger partial charge in [-0.15, -0.1) is 0 Å². The minimum atomic E-state index is -0.232. The topological polar surface area (TPSA) is 55.6 Å². The zero-order chi connectivity index (χ0) is 16.7. The van der Waals surface area contributed by atoms with Crippen LogP contribution in [0.3, 0.4) is 0 Å². The van der Waals surface area contributed by atoms with Crippen LogP contribution in [0.5, 0.6) is 0 Å². The predicted molar refractivity (Wildman–Crippen MR) is 89.3 cm³/mol. The lowest BCUT2D eigenvalue weighted by molar-refractivity contribution is 0.409. The molecule has 1 aromatic heterocycles. The number of aryl methyl sites for hydroxylation is 2. The maximum absolute atomic E-state index is 14.3. The van der Waals surface area contributed by atoms with Crippen LogP contribution in [0.4, 0.5) is 10.3 Å². The Morgan fingerprint density at radius 3 is 2.75 bits per heavy atom. The fourth-order valence-electron chi connectivity index (χ4n) is 3.24. The smallest absolute Gasteiger partial charge is 0.243 e. The van der Waals surface area contributed by atoms with Crippen molar-refractivity contribution in [2.45, 2.75) is 32.4 Å². The monoisotopic (exact) mass is 323 g/mol. The molecule has 0 amide bonds. The van der Waals surface area contributed by atoms with E-state index < -0.39 is 0 Å². The van der Waals surface area contributed by atoms with Crippen LogP contribution >= 0.6 is 0 Å². The second-order valence-electron chi connectivity index (χ2n) is 6.26. The molecule has 4 rings (SSSR count). The van der Waals surface area contributed by atoms with E-state index in [1.165, 1.54) is 17.2 Å². The number of nitrogens with one attached hydrogen (secondary N) is 1. The van der Waals surface area contributed by atoms with Gasteiger partial charge in [-0.1, -0.05) is 41.5 Å². The molecule has 122 valence electrons. The Kier molecular flexibility index (Phi) is 3.52. The highest BCUT2D eigenvalue weighted by Gasteiger charge is 2.32. The summed E-state index contributed by atoms with van der Waals surface area (Å²) < 4.78 is 16.0. The number of hydrogen-bond donors (Lipinski definition) is 1. The number of tetrazole rings is 1. The molecule has 0 spiro atoms. The van der Waals surface area contributed by atoms with Gasteiger partial charge in [0.15, 0.2) is 0 Å². The summed E-state index contributed by atoms with van der Waals surface area (Å²) in [6, 6.07) is 13.0. The Morgan fingerprint density at radius 2 is 1.96 bits per heavy atom. The molecule has 5 nitrogen and oxygen atoms in total. The lowest BCUT2D eigenvalue weighted by atomic mass is 9.91. The van der Waals surface area contributed by atoms with Crippen molar-refractivity contribution in [1.29, 1.82) is 0 Å². The van der Waals surface area contributed by atoms with Gasteiger partial charge in [0.2, 0.25) is 5.95 Å². The Hall–Kier alpha value is -2.76. The first-order valence-corrected chi connectivity index (χ1v) is 7.99. The fraction of sp³-hybridized carbons (Fsp3) is 0.278. The summed E-state index contributed by atoms with van der Waals surface area (Å²) in [5.74, 6) is 0.336. The molecule has 6 heteroatoms. The molecule has 0 radical (unpaired) electrons. The second kappa shape index (κ2) is 5.70. The van der Waals surface area contributed by atoms with E-state index in [2.05, 4.69) is 52.9 Å². The molecule has 1 aliphatic rings. The summed E-state index contributed by atoms with van der Waals surface area (Å²) in [4.78, 5) is 0. The molecule has 0 saturated heterocycles. The number of hydrogen-bond acceptors (Lipinski definition) is 4. The number of rotatable bonds is 2. The first kappa shape index (κ1) is 14.8. The van der Waals surface area contributed by atoms with Gasteiger partial charge >= 0.3 is 0 Å². The lowest BCUT2D eigenvalue weighted by Crippen LogP contribution is -2.28. The molecule has 0 bridgehead atoms. The summed E-state index contributed by atoms with van der Waals surface area (Å²) in [5.41, 5.74) is 4.27. The minimum Gasteiger partial charge on any atom is -0.346 e. The van der Waals surface area contributed by atoms with Crippen LogP contribution in [0.15, 0.2) is 42.5 Å². The van der Waals surface area contributed by atoms with Crippen LogP contribution in [0, 0.1) is 19.7 Å². The van der Waals surface area contributed by atoms with Crippen molar-refractivity contribution in [2.24, 2.45) is 0 Å². The van der Waals surface area contributed by atoms with Crippen molar-refractivity contribution in [3.63, 3.8) is 0 Å². The minimum absolute atomic E-state index is 0.0346. The third-order valence-corrected chi connectivity index (χ3v) is 4.75. The summed E-state index contributed by atoms with van der Waals surface area (Å²) in [7, 11) is 0. The van der Waals surface area contributed by atoms with E-state index in [0.717, 1.165) is 5.56 Å². The summed E-state index contributed by atoms with van der Waals surface area (Å²) >= 11 is 0. The van der Waals surface area contributed by atoms with Crippen LogP contribution < -0.4 is 5.32 Å². The van der Waals surface area contributed by atoms with E-state index in [0.29, 0.717) is 17.9 Å². The van der Waals surface area contributed by atoms with E-state index in [9.17, 15) is 4.39 Å². The van der Waals surface area contributed by atoms with Crippen molar-refractivity contribution in [1.82, 2.24) is 20.2 Å². The normalized spacial score (nSPS) is 19.6. The van der Waals surface area contributed by atoms with Gasteiger partial charge in [-0.2, -0.15) is 0 Å². The quantitative estimate of drug-likeness (QED) is 0.783. The van der Waals surface area contributed by atoms with Crippen LogP contribution in [-0.2, 0) is 0 Å². The zero-order valence-corrected chi connectivity index (χ0v) is 13.6. The van der Waals surface area contributed by atoms with Crippen molar-refractivity contribution < 1.29 is 4.39 Å². The van der Waals surface area contributed by atoms with Gasteiger partial charge in [-0.3, -0.25) is 0 Å². The first-order valence-electron chi connectivity index (χ1n) is 7.99. The molecule has 1 aliphatic heterocycles. The molecule has 2 aromatic carbocycles. The van der Waals surface area contributed by atoms with Gasteiger partial charge in [0.25, 0.3) is 0 Å². The maximum Gasteiger partial charge on any atom is 0.243 e. The number of nitrogens with zero attached hydrogens (tertiary/aromatic N) is 4. The zero-order valence-electron chi connectivity index (χ0n) is 13.6. The van der Waals surface area contributed by atoms with Crippen molar-refractivity contribution in [2.75, 3.05) is 5.32 Å². The number of anilines is 1. The molecule has 2 unspecified atom stereocenters. The van der Waals surface area contributed by atoms with Crippen LogP contribution in [0.25, 0.3) is 0 Å². The standard InChI is InChI=1S/C18H18FN5/c1-11-7-8-13(9-12(11)2)16-10-17(14-5-3-4-6-15(14)19)24-18(20-16)21-22-23-24/h3-9,16-17H,10H2,1-2H3,(H,20,21,23). The summed E-state index contributed by atoms with van der Waals surface area (Å²) in [5, 5.41) is 15.2. The average molecular weight is 323 g/mol. The van der Waals surface area contributed by atoms with Crippen molar-refractivity contribution in [3.8, 4) is 0 Å². The maximum atomic E-state index is 14.3. The molecule has 24 heavy (non-hydrogen) atoms. The van der Waals surface area contributed by atoms with Crippen LogP contribution in [-0.4, -0.2) is 20.2 Å². The molecule has 0 aliphatic carbocycles. The number of halogens is 1. The Bertz CT molecular complexity index is 889.